The first-order valence-corrected chi connectivity index (χ1v) is 6.05. The van der Waals surface area contributed by atoms with Crippen LogP contribution in [0.3, 0.4) is 0 Å². The smallest absolute Gasteiger partial charge is 0.261 e. The number of ether oxygens (including phenoxy) is 2. The van der Waals surface area contributed by atoms with Crippen LogP contribution in [0.2, 0.25) is 0 Å². The molecule has 0 saturated heterocycles. The molecule has 0 atom stereocenters. The van der Waals surface area contributed by atoms with Gasteiger partial charge in [0, 0.05) is 25.3 Å². The van der Waals surface area contributed by atoms with Crippen molar-refractivity contribution in [2.75, 3.05) is 14.2 Å². The molecule has 0 aliphatic heterocycles. The highest BCUT2D eigenvalue weighted by Crippen LogP contribution is 2.46. The molecule has 90 valence electrons. The van der Waals surface area contributed by atoms with Crippen molar-refractivity contribution >= 4 is 5.78 Å². The summed E-state index contributed by atoms with van der Waals surface area (Å²) in [5.74, 6) is -1.18. The van der Waals surface area contributed by atoms with Crippen LogP contribution < -0.4 is 0 Å². The number of Topliss-reactive ketones (excluding diaryl/α,β-unsaturated/α-hetero) is 1. The van der Waals surface area contributed by atoms with Gasteiger partial charge in [-0.25, -0.2) is 0 Å². The molecule has 0 N–H and O–H groups in total. The maximum absolute atomic E-state index is 12.1. The minimum absolute atomic E-state index is 0.0501. The average Bonchev–Trinajstić information content (AvgIpc) is 2.39. The molecular weight excluding hydrogens is 216 g/mol. The Morgan fingerprint density at radius 3 is 2.53 bits per heavy atom. The number of rotatable bonds is 2. The van der Waals surface area contributed by atoms with Crippen LogP contribution in [-0.2, 0) is 28.1 Å². The predicted octanol–water partition coefficient (Wildman–Crippen LogP) is 2.21. The Bertz CT molecular complexity index is 486. The second-order valence-electron chi connectivity index (χ2n) is 4.69. The van der Waals surface area contributed by atoms with Crippen molar-refractivity contribution in [3.8, 4) is 0 Å². The van der Waals surface area contributed by atoms with Crippen LogP contribution >= 0.6 is 0 Å². The van der Waals surface area contributed by atoms with Gasteiger partial charge in [-0.3, -0.25) is 4.79 Å². The minimum atomic E-state index is -1.13. The van der Waals surface area contributed by atoms with Crippen molar-refractivity contribution in [2.24, 2.45) is 0 Å². The lowest BCUT2D eigenvalue weighted by molar-refractivity contribution is -0.186. The summed E-state index contributed by atoms with van der Waals surface area (Å²) >= 11 is 0. The molecule has 1 aromatic rings. The molecule has 0 radical (unpaired) electrons. The fourth-order valence-electron chi connectivity index (χ4n) is 3.09. The van der Waals surface area contributed by atoms with Gasteiger partial charge in [-0.1, -0.05) is 12.1 Å². The highest BCUT2D eigenvalue weighted by molar-refractivity contribution is 6.12. The maximum atomic E-state index is 12.1. The Kier molecular flexibility index (Phi) is 2.35. The molecule has 3 heteroatoms. The van der Waals surface area contributed by atoms with Gasteiger partial charge in [0.25, 0.3) is 5.79 Å². The van der Waals surface area contributed by atoms with Crippen LogP contribution in [0.1, 0.15) is 39.9 Å². The van der Waals surface area contributed by atoms with Crippen LogP contribution in [0.4, 0.5) is 0 Å². The zero-order chi connectivity index (χ0) is 12.0. The molecular formula is C14H16O3. The molecule has 3 nitrogen and oxygen atoms in total. The molecule has 2 aliphatic rings. The van der Waals surface area contributed by atoms with E-state index >= 15 is 0 Å². The first-order valence-electron chi connectivity index (χ1n) is 6.05. The third-order valence-corrected chi connectivity index (χ3v) is 3.98. The highest BCUT2D eigenvalue weighted by atomic mass is 16.7. The van der Waals surface area contributed by atoms with Crippen LogP contribution in [0.25, 0.3) is 0 Å². The molecule has 0 fully saturated rings. The Balaban J connectivity index is 2.21. The minimum Gasteiger partial charge on any atom is -0.343 e. The summed E-state index contributed by atoms with van der Waals surface area (Å²) in [5, 5.41) is 0. The Hall–Kier alpha value is -1.19. The molecule has 0 bridgehead atoms. The number of methoxy groups -OCH3 is 2. The van der Waals surface area contributed by atoms with E-state index in [9.17, 15) is 4.79 Å². The molecule has 3 rings (SSSR count). The van der Waals surface area contributed by atoms with Crippen LogP contribution in [0.15, 0.2) is 12.1 Å². The second-order valence-corrected chi connectivity index (χ2v) is 4.69. The quantitative estimate of drug-likeness (QED) is 0.733. The summed E-state index contributed by atoms with van der Waals surface area (Å²) < 4.78 is 10.7. The van der Waals surface area contributed by atoms with Crippen molar-refractivity contribution in [2.45, 2.75) is 31.5 Å². The number of hydrogen-bond acceptors (Lipinski definition) is 3. The molecule has 0 unspecified atom stereocenters. The van der Waals surface area contributed by atoms with E-state index in [-0.39, 0.29) is 5.78 Å². The van der Waals surface area contributed by atoms with Crippen LogP contribution in [0.5, 0.6) is 0 Å². The molecule has 0 amide bonds. The molecule has 0 spiro atoms. The summed E-state index contributed by atoms with van der Waals surface area (Å²) in [6.07, 6.45) is 4.54. The molecule has 0 saturated carbocycles. The van der Waals surface area contributed by atoms with E-state index in [1.807, 2.05) is 6.07 Å². The second kappa shape index (κ2) is 3.65. The number of aryl methyl sites for hydroxylation is 1. The van der Waals surface area contributed by atoms with Gasteiger partial charge in [-0.15, -0.1) is 0 Å². The van der Waals surface area contributed by atoms with Gasteiger partial charge < -0.3 is 9.47 Å². The van der Waals surface area contributed by atoms with E-state index in [0.717, 1.165) is 24.0 Å². The molecule has 0 aromatic heterocycles. The van der Waals surface area contributed by atoms with Crippen LogP contribution in [0, 0.1) is 0 Å². The van der Waals surface area contributed by atoms with Crippen molar-refractivity contribution in [3.63, 3.8) is 0 Å². The number of ketones is 1. The van der Waals surface area contributed by atoms with Crippen molar-refractivity contribution in [1.82, 2.24) is 0 Å². The molecule has 2 aliphatic carbocycles. The molecule has 17 heavy (non-hydrogen) atoms. The summed E-state index contributed by atoms with van der Waals surface area (Å²) in [6.45, 7) is 0. The van der Waals surface area contributed by atoms with E-state index in [0.29, 0.717) is 0 Å². The third kappa shape index (κ3) is 1.21. The SMILES string of the molecule is COC1(OC)C(=O)c2ccc3c(c21)CCCC3. The average molecular weight is 232 g/mol. The number of hydrogen-bond donors (Lipinski definition) is 0. The normalized spacial score (nSPS) is 20.5. The number of fused-ring (bicyclic) bond motifs is 3. The zero-order valence-corrected chi connectivity index (χ0v) is 10.2. The summed E-state index contributed by atoms with van der Waals surface area (Å²) in [4.78, 5) is 12.1. The lowest BCUT2D eigenvalue weighted by Crippen LogP contribution is -2.50. The maximum Gasteiger partial charge on any atom is 0.261 e. The summed E-state index contributed by atoms with van der Waals surface area (Å²) in [6, 6.07) is 4.00. The number of carbonyl (C=O) groups excluding carboxylic acids is 1. The van der Waals surface area contributed by atoms with Gasteiger partial charge in [0.1, 0.15) is 0 Å². The zero-order valence-electron chi connectivity index (χ0n) is 10.2. The Morgan fingerprint density at radius 1 is 1.12 bits per heavy atom. The van der Waals surface area contributed by atoms with E-state index in [1.165, 1.54) is 38.2 Å². The van der Waals surface area contributed by atoms with E-state index in [2.05, 4.69) is 6.07 Å². The Morgan fingerprint density at radius 2 is 1.82 bits per heavy atom. The van der Waals surface area contributed by atoms with Gasteiger partial charge in [0.05, 0.1) is 0 Å². The van der Waals surface area contributed by atoms with Crippen molar-refractivity contribution in [1.29, 1.82) is 0 Å². The number of carbonyl (C=O) groups is 1. The van der Waals surface area contributed by atoms with E-state index in [1.54, 1.807) is 0 Å². The van der Waals surface area contributed by atoms with E-state index < -0.39 is 5.79 Å². The fourth-order valence-corrected chi connectivity index (χ4v) is 3.09. The summed E-state index contributed by atoms with van der Waals surface area (Å²) in [5.41, 5.74) is 4.37. The van der Waals surface area contributed by atoms with Gasteiger partial charge in [0.2, 0.25) is 5.78 Å². The van der Waals surface area contributed by atoms with Crippen molar-refractivity contribution in [3.05, 3.63) is 34.4 Å². The van der Waals surface area contributed by atoms with Gasteiger partial charge in [-0.05, 0) is 36.8 Å². The summed E-state index contributed by atoms with van der Waals surface area (Å²) in [7, 11) is 3.07. The monoisotopic (exact) mass is 232 g/mol. The largest absolute Gasteiger partial charge is 0.343 e. The molecule has 1 aromatic carbocycles. The van der Waals surface area contributed by atoms with E-state index in [4.69, 9.17) is 9.47 Å². The first-order chi connectivity index (χ1) is 8.24. The predicted molar refractivity (Wildman–Crippen MR) is 63.1 cm³/mol. The van der Waals surface area contributed by atoms with Gasteiger partial charge in [0.15, 0.2) is 0 Å². The first kappa shape index (κ1) is 10.9. The lowest BCUT2D eigenvalue weighted by atomic mass is 9.72. The standard InChI is InChI=1S/C14H16O3/c1-16-14(17-2)12-10-6-4-3-5-9(10)7-8-11(12)13(14)15/h7-8H,3-6H2,1-2H3. The topological polar surface area (TPSA) is 35.5 Å². The van der Waals surface area contributed by atoms with Gasteiger partial charge >= 0.3 is 0 Å². The lowest BCUT2D eigenvalue weighted by Gasteiger charge is -2.42. The Labute approximate surface area is 101 Å². The number of benzene rings is 1. The fraction of sp³-hybridized carbons (Fsp3) is 0.500. The third-order valence-electron chi connectivity index (χ3n) is 3.98. The van der Waals surface area contributed by atoms with Crippen LogP contribution in [-0.4, -0.2) is 20.0 Å². The molecule has 0 heterocycles. The highest BCUT2D eigenvalue weighted by Gasteiger charge is 2.55. The van der Waals surface area contributed by atoms with Gasteiger partial charge in [-0.2, -0.15) is 0 Å². The van der Waals surface area contributed by atoms with Crippen molar-refractivity contribution < 1.29 is 14.3 Å².